The van der Waals surface area contributed by atoms with Crippen LogP contribution >= 0.6 is 0 Å². The Labute approximate surface area is 434 Å². The highest BCUT2D eigenvalue weighted by atomic mass is 16.3. The number of nitrogens with zero attached hydrogens (tertiary/aromatic N) is 2. The molecule has 0 saturated carbocycles. The van der Waals surface area contributed by atoms with E-state index < -0.39 is 0 Å². The van der Waals surface area contributed by atoms with E-state index in [2.05, 4.69) is 266 Å². The van der Waals surface area contributed by atoms with Crippen molar-refractivity contribution < 1.29 is 8.83 Å². The molecule has 0 spiro atoms. The van der Waals surface area contributed by atoms with Crippen LogP contribution in [-0.4, -0.2) is 0 Å². The maximum Gasteiger partial charge on any atom is 0.159 e. The van der Waals surface area contributed by atoms with Gasteiger partial charge in [0.15, 0.2) is 11.2 Å². The normalized spacial score (nSPS) is 12.8. The number of hydrogen-bond acceptors (Lipinski definition) is 4. The van der Waals surface area contributed by atoms with Gasteiger partial charge in [0.05, 0.1) is 17.1 Å². The summed E-state index contributed by atoms with van der Waals surface area (Å²) in [6, 6.07) is 92.0. The molecule has 0 aliphatic heterocycles. The van der Waals surface area contributed by atoms with Gasteiger partial charge in [-0.15, -0.1) is 0 Å². The van der Waals surface area contributed by atoms with Gasteiger partial charge in [0, 0.05) is 49.4 Å². The van der Waals surface area contributed by atoms with E-state index in [-0.39, 0.29) is 5.41 Å². The van der Waals surface area contributed by atoms with Crippen LogP contribution < -0.4 is 9.80 Å². The maximum absolute atomic E-state index is 6.86. The van der Waals surface area contributed by atoms with Crippen LogP contribution in [0.2, 0.25) is 0 Å². The van der Waals surface area contributed by atoms with Crippen molar-refractivity contribution in [3.63, 3.8) is 0 Å². The Balaban J connectivity index is 0.925. The van der Waals surface area contributed by atoms with E-state index in [4.69, 9.17) is 8.83 Å². The molecule has 1 aliphatic rings. The number of fused-ring (bicyclic) bond motifs is 13. The Morgan fingerprint density at radius 3 is 1.41 bits per heavy atom. The lowest BCUT2D eigenvalue weighted by Crippen LogP contribution is -2.17. The third-order valence-corrected chi connectivity index (χ3v) is 15.8. The van der Waals surface area contributed by atoms with Gasteiger partial charge in [-0.05, 0) is 127 Å². The minimum atomic E-state index is -0.378. The van der Waals surface area contributed by atoms with Crippen molar-refractivity contribution in [2.45, 2.75) is 19.3 Å². The summed E-state index contributed by atoms with van der Waals surface area (Å²) in [5.41, 5.74) is 19.1. The zero-order chi connectivity index (χ0) is 49.8. The summed E-state index contributed by atoms with van der Waals surface area (Å²) in [5, 5.41) is 9.19. The van der Waals surface area contributed by atoms with Crippen LogP contribution in [0, 0.1) is 0 Å². The predicted octanol–water partition coefficient (Wildman–Crippen LogP) is 20.4. The Bertz CT molecular complexity index is 4580. The van der Waals surface area contributed by atoms with Gasteiger partial charge in [0.1, 0.15) is 11.2 Å². The van der Waals surface area contributed by atoms with Crippen molar-refractivity contribution in [3.8, 4) is 33.4 Å². The molecule has 12 aromatic carbocycles. The molecule has 1 aliphatic carbocycles. The highest BCUT2D eigenvalue weighted by Gasteiger charge is 2.40. The van der Waals surface area contributed by atoms with Gasteiger partial charge in [0.2, 0.25) is 0 Å². The third-order valence-electron chi connectivity index (χ3n) is 15.8. The molecular weight excluding hydrogens is 913 g/mol. The Hall–Kier alpha value is -9.64. The van der Waals surface area contributed by atoms with E-state index in [9.17, 15) is 0 Å². The summed E-state index contributed by atoms with van der Waals surface area (Å²) in [6.45, 7) is 4.82. The topological polar surface area (TPSA) is 32.8 Å². The standard InChI is InChI=1S/C71H48N2O2/c1-71(2)61-44-64(73(51-26-16-24-48(42-51)46-21-7-4-8-22-46)63-34-18-32-59-56-29-12-14-36-66(56)75-70(59)63)54-27-9-10-30-57(54)67(61)60-39-37-49-43-52(38-40-53(49)68(60)71)72(50-25-15-23-47(41-50)45-19-5-3-6-20-45)62-33-17-31-58-55-28-11-13-35-65(55)74-69(58)62/h3-44H,1-2H3. The molecule has 0 N–H and O–H groups in total. The van der Waals surface area contributed by atoms with E-state index in [0.29, 0.717) is 0 Å². The lowest BCUT2D eigenvalue weighted by atomic mass is 9.79. The molecule has 4 nitrogen and oxygen atoms in total. The molecule has 15 rings (SSSR count). The molecule has 4 heteroatoms. The summed E-state index contributed by atoms with van der Waals surface area (Å²) in [5.74, 6) is 0. The van der Waals surface area contributed by atoms with Gasteiger partial charge in [-0.1, -0.05) is 202 Å². The number of anilines is 6. The molecule has 0 radical (unpaired) electrons. The van der Waals surface area contributed by atoms with Crippen LogP contribution in [0.1, 0.15) is 25.0 Å². The van der Waals surface area contributed by atoms with E-state index in [1.165, 1.54) is 54.9 Å². The molecular formula is C71H48N2O2. The van der Waals surface area contributed by atoms with Crippen LogP contribution in [0.4, 0.5) is 34.1 Å². The fourth-order valence-corrected chi connectivity index (χ4v) is 12.4. The second-order valence-electron chi connectivity index (χ2n) is 20.4. The SMILES string of the molecule is CC1(C)c2cc(N(c3cccc(-c4ccccc4)c3)c3cccc4c3oc3ccccc34)c3ccccc3c2-c2ccc3cc(N(c4cccc(-c5ccccc5)c4)c4cccc5c4oc4ccccc45)ccc3c21. The first-order chi connectivity index (χ1) is 37.0. The van der Waals surface area contributed by atoms with Crippen LogP contribution in [-0.2, 0) is 5.41 Å². The number of para-hydroxylation sites is 4. The summed E-state index contributed by atoms with van der Waals surface area (Å²) in [7, 11) is 0. The molecule has 75 heavy (non-hydrogen) atoms. The quantitative estimate of drug-likeness (QED) is 0.152. The number of benzene rings is 12. The first-order valence-corrected chi connectivity index (χ1v) is 25.8. The van der Waals surface area contributed by atoms with Gasteiger partial charge in [0.25, 0.3) is 0 Å². The monoisotopic (exact) mass is 960 g/mol. The smallest absolute Gasteiger partial charge is 0.159 e. The second kappa shape index (κ2) is 16.7. The highest BCUT2D eigenvalue weighted by Crippen LogP contribution is 2.57. The Kier molecular flexibility index (Phi) is 9.58. The lowest BCUT2D eigenvalue weighted by Gasteiger charge is -2.30. The third kappa shape index (κ3) is 6.69. The van der Waals surface area contributed by atoms with Gasteiger partial charge in [-0.2, -0.15) is 0 Å². The number of furan rings is 2. The molecule has 0 fully saturated rings. The van der Waals surface area contributed by atoms with Crippen molar-refractivity contribution in [1.29, 1.82) is 0 Å². The second-order valence-corrected chi connectivity index (χ2v) is 20.4. The highest BCUT2D eigenvalue weighted by molar-refractivity contribution is 6.16. The average molecular weight is 961 g/mol. The van der Waals surface area contributed by atoms with Gasteiger partial charge >= 0.3 is 0 Å². The zero-order valence-corrected chi connectivity index (χ0v) is 41.5. The van der Waals surface area contributed by atoms with E-state index >= 15 is 0 Å². The molecule has 0 bridgehead atoms. The van der Waals surface area contributed by atoms with E-state index in [1.54, 1.807) is 0 Å². The zero-order valence-electron chi connectivity index (χ0n) is 41.5. The Morgan fingerprint density at radius 2 is 0.800 bits per heavy atom. The van der Waals surface area contributed by atoms with Gasteiger partial charge in [-0.3, -0.25) is 0 Å². The van der Waals surface area contributed by atoms with E-state index in [1.807, 2.05) is 12.1 Å². The van der Waals surface area contributed by atoms with Crippen molar-refractivity contribution in [3.05, 3.63) is 266 Å². The summed E-state index contributed by atoms with van der Waals surface area (Å²) < 4.78 is 13.6. The molecule has 2 aromatic heterocycles. The Morgan fingerprint density at radius 1 is 0.320 bits per heavy atom. The summed E-state index contributed by atoms with van der Waals surface area (Å²) in [4.78, 5) is 4.81. The molecule has 0 saturated heterocycles. The first kappa shape index (κ1) is 43.0. The number of rotatable bonds is 8. The van der Waals surface area contributed by atoms with E-state index in [0.717, 1.165) is 89.1 Å². The summed E-state index contributed by atoms with van der Waals surface area (Å²) >= 11 is 0. The molecule has 0 amide bonds. The van der Waals surface area contributed by atoms with Gasteiger partial charge in [-0.25, -0.2) is 0 Å². The largest absolute Gasteiger partial charge is 0.454 e. The maximum atomic E-state index is 6.86. The molecule has 14 aromatic rings. The fourth-order valence-electron chi connectivity index (χ4n) is 12.4. The number of hydrogen-bond donors (Lipinski definition) is 0. The van der Waals surface area contributed by atoms with Crippen molar-refractivity contribution in [2.24, 2.45) is 0 Å². The lowest BCUT2D eigenvalue weighted by molar-refractivity contribution is 0.666. The minimum Gasteiger partial charge on any atom is -0.454 e. The first-order valence-electron chi connectivity index (χ1n) is 25.8. The van der Waals surface area contributed by atoms with Crippen LogP contribution in [0.5, 0.6) is 0 Å². The van der Waals surface area contributed by atoms with Crippen LogP contribution in [0.25, 0.3) is 98.8 Å². The fraction of sp³-hybridized carbons (Fsp3) is 0.0423. The summed E-state index contributed by atoms with van der Waals surface area (Å²) in [6.07, 6.45) is 0. The minimum absolute atomic E-state index is 0.378. The van der Waals surface area contributed by atoms with Crippen molar-refractivity contribution >= 4 is 99.5 Å². The van der Waals surface area contributed by atoms with Crippen LogP contribution in [0.3, 0.4) is 0 Å². The van der Waals surface area contributed by atoms with Gasteiger partial charge < -0.3 is 18.6 Å². The predicted molar refractivity (Wildman–Crippen MR) is 314 cm³/mol. The van der Waals surface area contributed by atoms with Crippen molar-refractivity contribution in [2.75, 3.05) is 9.80 Å². The molecule has 0 atom stereocenters. The molecule has 2 heterocycles. The van der Waals surface area contributed by atoms with Crippen molar-refractivity contribution in [1.82, 2.24) is 0 Å². The van der Waals surface area contributed by atoms with Crippen LogP contribution in [0.15, 0.2) is 264 Å². The average Bonchev–Trinajstić information content (AvgIpc) is 4.17. The molecule has 0 unspecified atom stereocenters. The molecule has 354 valence electrons.